The molecular weight excluding hydrogens is 443 g/mol. The van der Waals surface area contributed by atoms with Crippen LogP contribution in [0.3, 0.4) is 0 Å². The smallest absolute Gasteiger partial charge is 0.693 e. The van der Waals surface area contributed by atoms with E-state index in [1.54, 1.807) is 13.8 Å². The first-order chi connectivity index (χ1) is 11.6. The molecule has 159 valence electrons. The Balaban J connectivity index is 0. The van der Waals surface area contributed by atoms with Gasteiger partial charge in [0.1, 0.15) is 0 Å². The molecule has 3 rings (SSSR count). The number of aromatic nitrogens is 1. The van der Waals surface area contributed by atoms with Gasteiger partial charge in [-0.15, -0.1) is 18.8 Å². The third-order valence-corrected chi connectivity index (χ3v) is 3.97. The maximum absolute atomic E-state index is 8.56. The van der Waals surface area contributed by atoms with E-state index < -0.39 is 0 Å². The van der Waals surface area contributed by atoms with Crippen LogP contribution in [0.25, 0.3) is 17.0 Å². The Bertz CT molecular complexity index is 559. The zero-order valence-electron chi connectivity index (χ0n) is 15.6. The van der Waals surface area contributed by atoms with E-state index in [0.717, 1.165) is 24.5 Å². The Kier molecular flexibility index (Phi) is 16.1. The molecule has 3 heterocycles. The zero-order valence-corrected chi connectivity index (χ0v) is 17.5. The van der Waals surface area contributed by atoms with E-state index in [9.17, 15) is 0 Å². The number of allylic oxidation sites excluding steroid dienone is 2. The maximum Gasteiger partial charge on any atom is 2.00 e. The molecule has 27 heavy (non-hydrogen) atoms. The molecule has 8 heteroatoms. The normalized spacial score (nSPS) is 21.6. The first-order valence-corrected chi connectivity index (χ1v) is 8.60. The summed E-state index contributed by atoms with van der Waals surface area (Å²) in [5, 5.41) is 21.6. The van der Waals surface area contributed by atoms with Gasteiger partial charge in [0.05, 0.1) is 17.9 Å². The van der Waals surface area contributed by atoms with Gasteiger partial charge in [0.15, 0.2) is 0 Å². The minimum Gasteiger partial charge on any atom is -0.693 e. The Hall–Kier alpha value is -0.691. The van der Waals surface area contributed by atoms with Crippen LogP contribution in [0.4, 0.5) is 0 Å². The number of nitrogens with two attached hydrogens (primary N) is 1. The Labute approximate surface area is 183 Å². The summed E-state index contributed by atoms with van der Waals surface area (Å²) in [7, 11) is 0. The molecule has 0 bridgehead atoms. The number of aliphatic hydroxyl groups excluding tert-OH is 2. The van der Waals surface area contributed by atoms with Gasteiger partial charge in [-0.2, -0.15) is 6.20 Å². The van der Waals surface area contributed by atoms with Crippen molar-refractivity contribution in [3.8, 4) is 0 Å². The summed E-state index contributed by atoms with van der Waals surface area (Å²) in [5.41, 5.74) is 3.39. The first kappa shape index (κ1) is 28.5. The number of nitrogens with zero attached hydrogens (tertiary/aromatic N) is 3. The summed E-state index contributed by atoms with van der Waals surface area (Å²) in [5.74, 6) is 0.480. The van der Waals surface area contributed by atoms with Gasteiger partial charge in [0, 0.05) is 6.21 Å². The predicted octanol–water partition coefficient (Wildman–Crippen LogP) is 3.63. The van der Waals surface area contributed by atoms with Crippen molar-refractivity contribution in [2.45, 2.75) is 45.3 Å². The van der Waals surface area contributed by atoms with Crippen molar-refractivity contribution in [1.82, 2.24) is 4.98 Å². The molecule has 1 aromatic heterocycles. The van der Waals surface area contributed by atoms with Crippen LogP contribution in [0.1, 0.15) is 38.8 Å². The predicted molar refractivity (Wildman–Crippen MR) is 103 cm³/mol. The van der Waals surface area contributed by atoms with E-state index in [2.05, 4.69) is 27.4 Å². The van der Waals surface area contributed by atoms with Crippen molar-refractivity contribution >= 4 is 11.8 Å². The molecule has 3 atom stereocenters. The van der Waals surface area contributed by atoms with Crippen LogP contribution in [0.2, 0.25) is 0 Å². The van der Waals surface area contributed by atoms with E-state index >= 15 is 0 Å². The number of aliphatic hydroxyl groups is 2. The molecule has 1 fully saturated rings. The first-order valence-electron chi connectivity index (χ1n) is 8.60. The molecule has 0 saturated carbocycles. The second kappa shape index (κ2) is 15.3. The van der Waals surface area contributed by atoms with E-state index in [1.165, 1.54) is 18.4 Å². The van der Waals surface area contributed by atoms with Crippen molar-refractivity contribution in [2.24, 2.45) is 10.9 Å². The summed E-state index contributed by atoms with van der Waals surface area (Å²) in [4.78, 5) is 8.86. The Morgan fingerprint density at radius 3 is 2.41 bits per heavy atom. The summed E-state index contributed by atoms with van der Waals surface area (Å²) < 4.78 is 0. The molecular formula is C19H29Cu2N4O2. The average Bonchev–Trinajstić information content (AvgIpc) is 3.22. The number of aliphatic imine (C=N–C) groups is 1. The molecule has 1 saturated heterocycles. The topological polar surface area (TPSA) is 115 Å². The largest absolute Gasteiger partial charge is 2.00 e. The van der Waals surface area contributed by atoms with Crippen LogP contribution in [-0.2, 0) is 34.1 Å². The van der Waals surface area contributed by atoms with E-state index in [4.69, 9.17) is 10.2 Å². The average molecular weight is 473 g/mol. The van der Waals surface area contributed by atoms with Gasteiger partial charge in [-0.25, -0.2) is 0 Å². The SMILES string of the molecule is C1=CC(=C(c2ccc[n-]2)C2CCC[N-]C2)N=C1.CC(O)CC(C)O.[Cu+2].[Cu+].[NH2-]. The molecule has 6 nitrogen and oxygen atoms in total. The minimum absolute atomic E-state index is 0. The Morgan fingerprint density at radius 2 is 2.00 bits per heavy atom. The molecule has 3 unspecified atom stereocenters. The second-order valence-electron chi connectivity index (χ2n) is 6.36. The van der Waals surface area contributed by atoms with Gasteiger partial charge < -0.3 is 26.7 Å². The van der Waals surface area contributed by atoms with Gasteiger partial charge in [-0.05, 0) is 50.3 Å². The van der Waals surface area contributed by atoms with Crippen molar-refractivity contribution in [3.05, 3.63) is 53.3 Å². The van der Waals surface area contributed by atoms with Crippen LogP contribution in [0, 0.1) is 5.92 Å². The van der Waals surface area contributed by atoms with Gasteiger partial charge in [-0.1, -0.05) is 18.6 Å². The van der Waals surface area contributed by atoms with Gasteiger partial charge >= 0.3 is 34.1 Å². The minimum atomic E-state index is -0.375. The summed E-state index contributed by atoms with van der Waals surface area (Å²) >= 11 is 0. The van der Waals surface area contributed by atoms with E-state index in [0.29, 0.717) is 12.3 Å². The number of rotatable bonds is 4. The summed E-state index contributed by atoms with van der Waals surface area (Å²) in [6.07, 6.45) is 9.83. The third kappa shape index (κ3) is 9.88. The fraction of sp³-hybridized carbons (Fsp3) is 0.526. The molecule has 0 aliphatic carbocycles. The van der Waals surface area contributed by atoms with Crippen LogP contribution < -0.4 is 4.98 Å². The standard InChI is InChI=1S/C14H15N3.C5H12O2.2Cu.H2N/c1-4-11(10-15-7-1)14(12-5-2-8-16-12)13-6-3-9-17-13;1-4(6)3-5(2)7;;;/h2-3,5-6,8-9,11H,1,4,7,10H2;4-7H,3H2,1-2H3;;;1H2/q-2;;+1;+2;-1. The monoisotopic (exact) mass is 471 g/mol. The summed E-state index contributed by atoms with van der Waals surface area (Å²) in [6, 6.07) is 4.05. The summed E-state index contributed by atoms with van der Waals surface area (Å²) in [6.45, 7) is 5.24. The molecule has 0 aromatic carbocycles. The van der Waals surface area contributed by atoms with Crippen molar-refractivity contribution in [2.75, 3.05) is 13.1 Å². The Morgan fingerprint density at radius 1 is 1.30 bits per heavy atom. The molecule has 2 aliphatic heterocycles. The fourth-order valence-corrected chi connectivity index (χ4v) is 2.99. The number of hydrogen-bond acceptors (Lipinski definition) is 3. The van der Waals surface area contributed by atoms with E-state index in [-0.39, 0.29) is 52.5 Å². The van der Waals surface area contributed by atoms with Crippen LogP contribution in [-0.4, -0.2) is 41.7 Å². The molecule has 1 radical (unpaired) electrons. The molecule has 1 aromatic rings. The van der Waals surface area contributed by atoms with Crippen molar-refractivity contribution < 1.29 is 44.4 Å². The van der Waals surface area contributed by atoms with Crippen LogP contribution in [0.5, 0.6) is 0 Å². The molecule has 2 aliphatic rings. The van der Waals surface area contributed by atoms with Crippen LogP contribution >= 0.6 is 0 Å². The fourth-order valence-electron chi connectivity index (χ4n) is 2.99. The zero-order chi connectivity index (χ0) is 17.4. The van der Waals surface area contributed by atoms with Crippen molar-refractivity contribution in [3.63, 3.8) is 0 Å². The molecule has 4 N–H and O–H groups in total. The van der Waals surface area contributed by atoms with Gasteiger partial charge in [-0.3, -0.25) is 4.99 Å². The molecule has 0 amide bonds. The van der Waals surface area contributed by atoms with E-state index in [1.807, 2.05) is 24.6 Å². The number of hydrogen-bond donors (Lipinski definition) is 2. The second-order valence-corrected chi connectivity index (χ2v) is 6.36. The van der Waals surface area contributed by atoms with Crippen molar-refractivity contribution in [1.29, 1.82) is 0 Å². The quantitative estimate of drug-likeness (QED) is 0.652. The maximum atomic E-state index is 8.56. The van der Waals surface area contributed by atoms with Crippen LogP contribution in [0.15, 0.2) is 41.2 Å². The third-order valence-electron chi connectivity index (χ3n) is 3.97. The molecule has 0 spiro atoms. The van der Waals surface area contributed by atoms with Gasteiger partial charge in [0.25, 0.3) is 0 Å². The number of piperidine rings is 1. The van der Waals surface area contributed by atoms with Gasteiger partial charge in [0.2, 0.25) is 0 Å².